The summed E-state index contributed by atoms with van der Waals surface area (Å²) in [5, 5.41) is 0. The first-order chi connectivity index (χ1) is 44.4. The van der Waals surface area contributed by atoms with Gasteiger partial charge >= 0.3 is 0 Å². The molecule has 14 aromatic rings. The average Bonchev–Trinajstić information content (AvgIpc) is 1.51. The van der Waals surface area contributed by atoms with Gasteiger partial charge in [-0.3, -0.25) is 0 Å². The maximum atomic E-state index is 2.53. The zero-order chi connectivity index (χ0) is 59.9. The second-order valence-corrected chi connectivity index (χ2v) is 24.7. The maximum absolute atomic E-state index is 2.53. The number of rotatable bonds is 11. The molecule has 14 aromatic carbocycles. The molecule has 0 radical (unpaired) electrons. The van der Waals surface area contributed by atoms with Crippen LogP contribution in [-0.2, 0) is 10.8 Å². The van der Waals surface area contributed by atoms with Gasteiger partial charge in [-0.15, -0.1) is 0 Å². The first-order valence-electron chi connectivity index (χ1n) is 31.4. The van der Waals surface area contributed by atoms with Crippen LogP contribution in [0.5, 0.6) is 0 Å². The Labute approximate surface area is 527 Å². The van der Waals surface area contributed by atoms with Crippen LogP contribution in [0.3, 0.4) is 0 Å². The van der Waals surface area contributed by atoms with E-state index in [1.807, 2.05) is 0 Å². The number of benzene rings is 14. The molecule has 0 heterocycles. The predicted molar refractivity (Wildman–Crippen MR) is 377 cm³/mol. The molecule has 3 aliphatic carbocycles. The third kappa shape index (κ3) is 8.47. The van der Waals surface area contributed by atoms with Crippen LogP contribution in [-0.4, -0.2) is 0 Å². The fourth-order valence-electron chi connectivity index (χ4n) is 15.2. The van der Waals surface area contributed by atoms with Crippen molar-refractivity contribution < 1.29 is 0 Å². The summed E-state index contributed by atoms with van der Waals surface area (Å²) in [6.45, 7) is 4.81. The van der Waals surface area contributed by atoms with Gasteiger partial charge in [-0.1, -0.05) is 275 Å². The van der Waals surface area contributed by atoms with Crippen molar-refractivity contribution in [2.45, 2.75) is 24.7 Å². The van der Waals surface area contributed by atoms with Gasteiger partial charge in [0.25, 0.3) is 0 Å². The first kappa shape index (κ1) is 53.0. The summed E-state index contributed by atoms with van der Waals surface area (Å²) in [7, 11) is 0. The molecule has 0 atom stereocenters. The number of fused-ring (bicyclic) bond motifs is 13. The van der Waals surface area contributed by atoms with E-state index in [1.54, 1.807) is 0 Å². The van der Waals surface area contributed by atoms with E-state index in [2.05, 4.69) is 363 Å². The molecule has 3 aliphatic rings. The lowest BCUT2D eigenvalue weighted by atomic mass is 9.70. The highest BCUT2D eigenvalue weighted by Gasteiger charge is 2.52. The molecule has 1 spiro atoms. The smallest absolute Gasteiger partial charge is 0.0726 e. The van der Waals surface area contributed by atoms with Crippen molar-refractivity contribution in [1.82, 2.24) is 0 Å². The van der Waals surface area contributed by atoms with Crippen LogP contribution >= 0.6 is 0 Å². The monoisotopic (exact) mass is 1150 g/mol. The van der Waals surface area contributed by atoms with Crippen LogP contribution < -0.4 is 9.80 Å². The van der Waals surface area contributed by atoms with Crippen LogP contribution in [0.4, 0.5) is 34.1 Å². The van der Waals surface area contributed by atoms with Gasteiger partial charge in [0.05, 0.1) is 11.1 Å². The molecule has 0 fully saturated rings. The van der Waals surface area contributed by atoms with Crippen LogP contribution in [0, 0.1) is 0 Å². The van der Waals surface area contributed by atoms with E-state index in [9.17, 15) is 0 Å². The molecule has 2 nitrogen and oxygen atoms in total. The van der Waals surface area contributed by atoms with Crippen molar-refractivity contribution in [3.63, 3.8) is 0 Å². The molecule has 2 heteroatoms. The fourth-order valence-corrected chi connectivity index (χ4v) is 15.2. The molecule has 0 bridgehead atoms. The van der Waals surface area contributed by atoms with Crippen molar-refractivity contribution in [2.24, 2.45) is 0 Å². The van der Waals surface area contributed by atoms with E-state index in [-0.39, 0.29) is 5.41 Å². The van der Waals surface area contributed by atoms with E-state index in [1.165, 1.54) is 122 Å². The van der Waals surface area contributed by atoms with Gasteiger partial charge in [0.1, 0.15) is 0 Å². The summed E-state index contributed by atoms with van der Waals surface area (Å²) >= 11 is 0. The van der Waals surface area contributed by atoms with Gasteiger partial charge in [-0.05, 0) is 196 Å². The Kier molecular flexibility index (Phi) is 12.5. The van der Waals surface area contributed by atoms with Crippen molar-refractivity contribution in [1.29, 1.82) is 0 Å². The van der Waals surface area contributed by atoms with E-state index in [4.69, 9.17) is 0 Å². The van der Waals surface area contributed by atoms with Crippen molar-refractivity contribution in [2.75, 3.05) is 9.80 Å². The van der Waals surface area contributed by atoms with Gasteiger partial charge in [-0.25, -0.2) is 0 Å². The minimum Gasteiger partial charge on any atom is -0.311 e. The van der Waals surface area contributed by atoms with E-state index in [0.717, 1.165) is 34.1 Å². The molecule has 0 unspecified atom stereocenters. The Morgan fingerprint density at radius 2 is 0.544 bits per heavy atom. The Morgan fingerprint density at radius 1 is 0.200 bits per heavy atom. The highest BCUT2D eigenvalue weighted by atomic mass is 15.1. The zero-order valence-corrected chi connectivity index (χ0v) is 50.2. The standard InChI is InChI=1S/C88H62N2/c1-87(2)79-55-44-68(67-27-18-26-66(56-67)65-42-49-71(50-43-65)89(69-45-36-62(37-46-69)59-20-6-3-7-21-59)70-47-38-63(39-48-70)60-22-8-4-9-23-60)57-78(79)76-54-53-73(58-84(76)87)90(72-51-40-64(41-52-72)61-24-10-5-11-25-61)85-35-19-34-83-86(85)77-30-14-17-33-82(77)88(83)80-31-15-12-28-74(80)75-29-13-16-32-81(75)88/h3-58H,1-2H3. The molecule has 0 saturated carbocycles. The summed E-state index contributed by atoms with van der Waals surface area (Å²) in [4.78, 5) is 4.89. The number of hydrogen-bond acceptors (Lipinski definition) is 2. The summed E-state index contributed by atoms with van der Waals surface area (Å²) < 4.78 is 0. The summed E-state index contributed by atoms with van der Waals surface area (Å²) in [6, 6.07) is 126. The maximum Gasteiger partial charge on any atom is 0.0726 e. The van der Waals surface area contributed by atoms with Crippen molar-refractivity contribution in [3.8, 4) is 89.0 Å². The van der Waals surface area contributed by atoms with Crippen LogP contribution in [0.1, 0.15) is 47.2 Å². The Morgan fingerprint density at radius 3 is 1.06 bits per heavy atom. The predicted octanol–water partition coefficient (Wildman–Crippen LogP) is 23.6. The Balaban J connectivity index is 0.730. The molecule has 0 saturated heterocycles. The third-order valence-corrected chi connectivity index (χ3v) is 19.5. The highest BCUT2D eigenvalue weighted by molar-refractivity contribution is 6.02. The molecule has 0 amide bonds. The van der Waals surface area contributed by atoms with Crippen LogP contribution in [0.15, 0.2) is 340 Å². The summed E-state index contributed by atoms with van der Waals surface area (Å²) in [5.74, 6) is 0. The van der Waals surface area contributed by atoms with Crippen LogP contribution in [0.2, 0.25) is 0 Å². The lowest BCUT2D eigenvalue weighted by Gasteiger charge is -2.32. The van der Waals surface area contributed by atoms with Crippen LogP contribution in [0.25, 0.3) is 89.0 Å². The molecular weight excluding hydrogens is 1080 g/mol. The molecule has 0 N–H and O–H groups in total. The molecule has 0 aromatic heterocycles. The van der Waals surface area contributed by atoms with Gasteiger partial charge in [-0.2, -0.15) is 0 Å². The van der Waals surface area contributed by atoms with Gasteiger partial charge in [0.15, 0.2) is 0 Å². The van der Waals surface area contributed by atoms with Gasteiger partial charge in [0, 0.05) is 39.4 Å². The van der Waals surface area contributed by atoms with Crippen molar-refractivity contribution in [3.05, 3.63) is 373 Å². The summed E-state index contributed by atoms with van der Waals surface area (Å²) in [6.07, 6.45) is 0. The second-order valence-electron chi connectivity index (χ2n) is 24.7. The zero-order valence-electron chi connectivity index (χ0n) is 50.2. The van der Waals surface area contributed by atoms with E-state index < -0.39 is 5.41 Å². The minimum absolute atomic E-state index is 0.264. The number of anilines is 6. The summed E-state index contributed by atoms with van der Waals surface area (Å²) in [5.41, 5.74) is 33.6. The SMILES string of the molecule is CC1(C)c2ccc(-c3cccc(-c4ccc(N(c5ccc(-c6ccccc6)cc5)c5ccc(-c6ccccc6)cc5)cc4)c3)cc2-c2ccc(N(c3ccc(-c4ccccc4)cc3)c3cccc4c3-c3ccccc3C43c4ccccc4-c4ccccc43)cc21. The molecule has 90 heavy (non-hydrogen) atoms. The fraction of sp³-hybridized carbons (Fsp3) is 0.0455. The quantitative estimate of drug-likeness (QED) is 0.127. The van der Waals surface area contributed by atoms with E-state index >= 15 is 0 Å². The number of nitrogens with zero attached hydrogens (tertiary/aromatic N) is 2. The molecular formula is C88H62N2. The molecule has 17 rings (SSSR count). The van der Waals surface area contributed by atoms with Crippen molar-refractivity contribution >= 4 is 34.1 Å². The normalized spacial score (nSPS) is 13.2. The highest BCUT2D eigenvalue weighted by Crippen LogP contribution is 2.65. The Bertz CT molecular complexity index is 4920. The minimum atomic E-state index is -0.461. The lowest BCUT2D eigenvalue weighted by molar-refractivity contribution is 0.660. The largest absolute Gasteiger partial charge is 0.311 e. The third-order valence-electron chi connectivity index (χ3n) is 19.5. The number of hydrogen-bond donors (Lipinski definition) is 0. The average molecular weight is 1150 g/mol. The van der Waals surface area contributed by atoms with E-state index in [0.29, 0.717) is 0 Å². The first-order valence-corrected chi connectivity index (χ1v) is 31.4. The second kappa shape index (κ2) is 21.2. The Hall–Kier alpha value is -11.3. The van der Waals surface area contributed by atoms with Gasteiger partial charge in [0.2, 0.25) is 0 Å². The molecule has 0 aliphatic heterocycles. The topological polar surface area (TPSA) is 6.48 Å². The van der Waals surface area contributed by atoms with Gasteiger partial charge < -0.3 is 9.80 Å². The molecule has 424 valence electrons. The lowest BCUT2D eigenvalue weighted by Crippen LogP contribution is -2.26.